The second-order valence-electron chi connectivity index (χ2n) is 6.30. The Balaban J connectivity index is 1.75. The smallest absolute Gasteiger partial charge is 0.319 e. The number of nitrogens with one attached hydrogen (secondary N) is 2. The van der Waals surface area contributed by atoms with Crippen LogP contribution in [-0.4, -0.2) is 68.6 Å². The summed E-state index contributed by atoms with van der Waals surface area (Å²) >= 11 is 0. The maximum Gasteiger partial charge on any atom is 0.319 e. The van der Waals surface area contributed by atoms with Crippen LogP contribution in [0.25, 0.3) is 0 Å². The number of nitrogens with two attached hydrogens (primary N) is 1. The lowest BCUT2D eigenvalue weighted by Crippen LogP contribution is -2.37. The third-order valence-corrected chi connectivity index (χ3v) is 4.17. The lowest BCUT2D eigenvalue weighted by molar-refractivity contribution is 0.100. The number of hydrogen-bond donors (Lipinski definition) is 3. The molecule has 10 heteroatoms. The zero-order chi connectivity index (χ0) is 20.5. The van der Waals surface area contributed by atoms with Gasteiger partial charge in [-0.25, -0.2) is 0 Å². The van der Waals surface area contributed by atoms with Crippen LogP contribution in [0.5, 0.6) is 6.01 Å². The van der Waals surface area contributed by atoms with Crippen molar-refractivity contribution in [2.24, 2.45) is 10.8 Å². The van der Waals surface area contributed by atoms with Crippen molar-refractivity contribution in [3.8, 4) is 6.01 Å². The molecule has 1 aromatic heterocycles. The molecule has 0 saturated carbocycles. The van der Waals surface area contributed by atoms with E-state index >= 15 is 0 Å². The van der Waals surface area contributed by atoms with Gasteiger partial charge in [0.25, 0.3) is 0 Å². The van der Waals surface area contributed by atoms with Crippen LogP contribution in [0.2, 0.25) is 0 Å². The highest BCUT2D eigenvalue weighted by atomic mass is 16.5. The summed E-state index contributed by atoms with van der Waals surface area (Å²) in [7, 11) is 1.85. The molecule has 0 unspecified atom stereocenters. The summed E-state index contributed by atoms with van der Waals surface area (Å²) in [5, 5.41) is 7.23. The molecule has 10 nitrogen and oxygen atoms in total. The van der Waals surface area contributed by atoms with E-state index in [1.165, 1.54) is 0 Å². The number of nitrogens with zero attached hydrogens (tertiary/aromatic N) is 4. The lowest BCUT2D eigenvalue weighted by Gasteiger charge is -2.28. The van der Waals surface area contributed by atoms with Crippen LogP contribution in [0.1, 0.15) is 16.1 Å². The second kappa shape index (κ2) is 10.3. The van der Waals surface area contributed by atoms with Gasteiger partial charge in [-0.1, -0.05) is 6.07 Å². The van der Waals surface area contributed by atoms with E-state index in [4.69, 9.17) is 15.2 Å². The Hall–Kier alpha value is -3.24. The molecule has 0 spiro atoms. The molecule has 154 valence electrons. The monoisotopic (exact) mass is 399 g/mol. The molecule has 1 saturated heterocycles. The number of benzene rings is 1. The summed E-state index contributed by atoms with van der Waals surface area (Å²) in [6, 6.07) is 8.93. The normalized spacial score (nSPS) is 14.2. The predicted octanol–water partition coefficient (Wildman–Crippen LogP) is 0.456. The van der Waals surface area contributed by atoms with Crippen molar-refractivity contribution in [1.29, 1.82) is 0 Å². The van der Waals surface area contributed by atoms with E-state index in [0.29, 0.717) is 49.3 Å². The standard InChI is InChI=1S/C19H25N7O3/c1-21-5-8-29-19-23-16(12-17(24-19)26-6-9-28-10-7-26)13-22-25-15-4-2-3-14(11-15)18(20)27/h2-4,11-13,21,25H,5-10H2,1H3,(H2,20,27)/b22-13-. The van der Waals surface area contributed by atoms with Gasteiger partial charge in [0.15, 0.2) is 0 Å². The Labute approximate surface area is 169 Å². The highest BCUT2D eigenvalue weighted by Gasteiger charge is 2.15. The number of hydrazone groups is 1. The highest BCUT2D eigenvalue weighted by Crippen LogP contribution is 2.17. The quantitative estimate of drug-likeness (QED) is 0.315. The van der Waals surface area contributed by atoms with Gasteiger partial charge >= 0.3 is 6.01 Å². The Morgan fingerprint density at radius 3 is 2.93 bits per heavy atom. The van der Waals surface area contributed by atoms with Gasteiger partial charge in [-0.3, -0.25) is 10.2 Å². The number of ether oxygens (including phenoxy) is 2. The first kappa shape index (κ1) is 20.5. The Morgan fingerprint density at radius 1 is 1.34 bits per heavy atom. The molecule has 0 bridgehead atoms. The number of hydrogen-bond acceptors (Lipinski definition) is 9. The molecule has 1 aromatic carbocycles. The number of carbonyl (C=O) groups excluding carboxylic acids is 1. The van der Waals surface area contributed by atoms with Gasteiger partial charge in [0.1, 0.15) is 12.4 Å². The second-order valence-corrected chi connectivity index (χ2v) is 6.30. The topological polar surface area (TPSA) is 127 Å². The molecule has 2 heterocycles. The number of carbonyl (C=O) groups is 1. The molecule has 1 aliphatic rings. The van der Waals surface area contributed by atoms with Gasteiger partial charge in [0, 0.05) is 31.3 Å². The molecule has 1 amide bonds. The molecular weight excluding hydrogens is 374 g/mol. The van der Waals surface area contributed by atoms with E-state index in [9.17, 15) is 4.79 Å². The molecule has 2 aromatic rings. The number of morpholine rings is 1. The molecule has 3 rings (SSSR count). The summed E-state index contributed by atoms with van der Waals surface area (Å²) < 4.78 is 11.1. The zero-order valence-corrected chi connectivity index (χ0v) is 16.3. The van der Waals surface area contributed by atoms with E-state index in [1.54, 1.807) is 30.5 Å². The van der Waals surface area contributed by atoms with E-state index in [0.717, 1.165) is 18.9 Å². The Morgan fingerprint density at radius 2 is 2.17 bits per heavy atom. The number of rotatable bonds is 9. The van der Waals surface area contributed by atoms with Gasteiger partial charge in [-0.15, -0.1) is 0 Å². The van der Waals surface area contributed by atoms with Crippen LogP contribution in [0.4, 0.5) is 11.5 Å². The summed E-state index contributed by atoms with van der Waals surface area (Å²) in [6.45, 7) is 3.95. The number of amides is 1. The Bertz CT molecular complexity index is 853. The molecular formula is C19H25N7O3. The summed E-state index contributed by atoms with van der Waals surface area (Å²) in [6.07, 6.45) is 1.58. The predicted molar refractivity (Wildman–Crippen MR) is 111 cm³/mol. The zero-order valence-electron chi connectivity index (χ0n) is 16.3. The molecule has 1 aliphatic heterocycles. The summed E-state index contributed by atoms with van der Waals surface area (Å²) in [5.41, 5.74) is 9.82. The number of aromatic nitrogens is 2. The van der Waals surface area contributed by atoms with Crippen molar-refractivity contribution >= 4 is 23.6 Å². The van der Waals surface area contributed by atoms with Crippen LogP contribution >= 0.6 is 0 Å². The van der Waals surface area contributed by atoms with Crippen LogP contribution in [0.3, 0.4) is 0 Å². The van der Waals surface area contributed by atoms with Gasteiger partial charge in [0.05, 0.1) is 30.8 Å². The van der Waals surface area contributed by atoms with Gasteiger partial charge in [-0.05, 0) is 25.2 Å². The summed E-state index contributed by atoms with van der Waals surface area (Å²) in [5.74, 6) is 0.270. The third kappa shape index (κ3) is 6.13. The first-order valence-corrected chi connectivity index (χ1v) is 9.34. The average Bonchev–Trinajstić information content (AvgIpc) is 2.75. The van der Waals surface area contributed by atoms with Crippen molar-refractivity contribution in [2.75, 3.05) is 56.8 Å². The van der Waals surface area contributed by atoms with Crippen molar-refractivity contribution in [1.82, 2.24) is 15.3 Å². The molecule has 29 heavy (non-hydrogen) atoms. The van der Waals surface area contributed by atoms with E-state index in [1.807, 2.05) is 13.1 Å². The maximum absolute atomic E-state index is 11.3. The third-order valence-electron chi connectivity index (χ3n) is 4.17. The first-order valence-electron chi connectivity index (χ1n) is 9.34. The molecule has 4 N–H and O–H groups in total. The fraction of sp³-hybridized carbons (Fsp3) is 0.368. The van der Waals surface area contributed by atoms with E-state index in [-0.39, 0.29) is 0 Å². The minimum absolute atomic E-state index is 0.293. The average molecular weight is 399 g/mol. The number of primary amides is 1. The number of likely N-dealkylation sites (N-methyl/N-ethyl adjacent to an activating group) is 1. The van der Waals surface area contributed by atoms with Crippen molar-refractivity contribution < 1.29 is 14.3 Å². The maximum atomic E-state index is 11.3. The highest BCUT2D eigenvalue weighted by molar-refractivity contribution is 5.93. The van der Waals surface area contributed by atoms with Crippen LogP contribution < -0.4 is 26.1 Å². The minimum Gasteiger partial charge on any atom is -0.462 e. The van der Waals surface area contributed by atoms with Crippen molar-refractivity contribution in [3.63, 3.8) is 0 Å². The van der Waals surface area contributed by atoms with Crippen molar-refractivity contribution in [2.45, 2.75) is 0 Å². The van der Waals surface area contributed by atoms with Crippen molar-refractivity contribution in [3.05, 3.63) is 41.6 Å². The fourth-order valence-electron chi connectivity index (χ4n) is 2.67. The van der Waals surface area contributed by atoms with Gasteiger partial charge in [-0.2, -0.15) is 15.1 Å². The van der Waals surface area contributed by atoms with Gasteiger partial charge < -0.3 is 25.4 Å². The lowest BCUT2D eigenvalue weighted by atomic mass is 10.2. The van der Waals surface area contributed by atoms with E-state index in [2.05, 4.69) is 30.7 Å². The minimum atomic E-state index is -0.494. The summed E-state index contributed by atoms with van der Waals surface area (Å²) in [4.78, 5) is 22.3. The van der Waals surface area contributed by atoms with Crippen LogP contribution in [-0.2, 0) is 4.74 Å². The molecule has 0 aliphatic carbocycles. The SMILES string of the molecule is CNCCOc1nc(/C=N\Nc2cccc(C(N)=O)c2)cc(N2CCOCC2)n1. The molecule has 1 fully saturated rings. The van der Waals surface area contributed by atoms with Gasteiger partial charge in [0.2, 0.25) is 5.91 Å². The molecule has 0 radical (unpaired) electrons. The fourth-order valence-corrected chi connectivity index (χ4v) is 2.67. The van der Waals surface area contributed by atoms with Crippen LogP contribution in [0, 0.1) is 0 Å². The van der Waals surface area contributed by atoms with E-state index < -0.39 is 5.91 Å². The first-order chi connectivity index (χ1) is 14.2. The Kier molecular flexibility index (Phi) is 7.31. The largest absolute Gasteiger partial charge is 0.462 e. The molecule has 0 atom stereocenters. The van der Waals surface area contributed by atoms with Crippen LogP contribution in [0.15, 0.2) is 35.4 Å². The number of anilines is 2.